The van der Waals surface area contributed by atoms with Gasteiger partial charge < -0.3 is 10.0 Å². The molecule has 1 fully saturated rings. The number of aliphatic hydroxyl groups excluding tert-OH is 1. The standard InChI is InChI=1S/C18H22N2O2S/c1-2-16-19-12-15(23-16)18(22)20-10-8-14(9-11-20)17(21)13-6-4-3-5-7-13/h3-7,12,14,17,21H,2,8-11H2,1H3/t17-/m1/s1. The van der Waals surface area contributed by atoms with Crippen LogP contribution < -0.4 is 0 Å². The highest BCUT2D eigenvalue weighted by atomic mass is 32.1. The van der Waals surface area contributed by atoms with E-state index < -0.39 is 6.10 Å². The molecule has 1 aromatic carbocycles. The van der Waals surface area contributed by atoms with Gasteiger partial charge in [-0.1, -0.05) is 37.3 Å². The van der Waals surface area contributed by atoms with Crippen molar-refractivity contribution < 1.29 is 9.90 Å². The minimum atomic E-state index is -0.441. The average Bonchev–Trinajstić information content (AvgIpc) is 3.10. The second kappa shape index (κ2) is 7.23. The number of thiazole rings is 1. The van der Waals surface area contributed by atoms with E-state index in [0.29, 0.717) is 13.1 Å². The van der Waals surface area contributed by atoms with Gasteiger partial charge in [-0.2, -0.15) is 0 Å². The first-order valence-electron chi connectivity index (χ1n) is 8.16. The molecule has 0 bridgehead atoms. The zero-order chi connectivity index (χ0) is 16.2. The molecule has 0 unspecified atom stereocenters. The normalized spacial score (nSPS) is 17.2. The highest BCUT2D eigenvalue weighted by Gasteiger charge is 2.29. The molecule has 1 atom stereocenters. The Labute approximate surface area is 140 Å². The predicted molar refractivity (Wildman–Crippen MR) is 91.5 cm³/mol. The quantitative estimate of drug-likeness (QED) is 0.936. The third-order valence-electron chi connectivity index (χ3n) is 4.48. The van der Waals surface area contributed by atoms with Gasteiger partial charge in [0.1, 0.15) is 4.88 Å². The molecule has 2 aromatic rings. The molecule has 1 saturated heterocycles. The number of carbonyl (C=O) groups excluding carboxylic acids is 1. The molecule has 5 heteroatoms. The Bertz CT molecular complexity index is 648. The predicted octanol–water partition coefficient (Wildman–Crippen LogP) is 3.29. The Morgan fingerprint density at radius 2 is 2.04 bits per heavy atom. The van der Waals surface area contributed by atoms with Gasteiger partial charge >= 0.3 is 0 Å². The van der Waals surface area contributed by atoms with Crippen molar-refractivity contribution in [2.24, 2.45) is 5.92 Å². The first-order valence-corrected chi connectivity index (χ1v) is 8.97. The molecule has 3 rings (SSSR count). The van der Waals surface area contributed by atoms with Crippen molar-refractivity contribution in [3.05, 3.63) is 52.0 Å². The van der Waals surface area contributed by atoms with Crippen LogP contribution in [0.15, 0.2) is 36.5 Å². The maximum Gasteiger partial charge on any atom is 0.265 e. The number of piperidine rings is 1. The van der Waals surface area contributed by atoms with Gasteiger partial charge in [0.05, 0.1) is 17.3 Å². The molecule has 0 aliphatic carbocycles. The van der Waals surface area contributed by atoms with E-state index in [4.69, 9.17) is 0 Å². The Morgan fingerprint density at radius 1 is 1.35 bits per heavy atom. The molecular formula is C18H22N2O2S. The number of likely N-dealkylation sites (tertiary alicyclic amines) is 1. The number of amides is 1. The van der Waals surface area contributed by atoms with E-state index >= 15 is 0 Å². The fraction of sp³-hybridized carbons (Fsp3) is 0.444. The number of hydrogen-bond donors (Lipinski definition) is 1. The molecule has 4 nitrogen and oxygen atoms in total. The third-order valence-corrected chi connectivity index (χ3v) is 5.61. The van der Waals surface area contributed by atoms with Crippen LogP contribution in [0.4, 0.5) is 0 Å². The lowest BCUT2D eigenvalue weighted by molar-refractivity contribution is 0.0465. The number of benzene rings is 1. The maximum absolute atomic E-state index is 12.5. The molecule has 1 amide bonds. The lowest BCUT2D eigenvalue weighted by Gasteiger charge is -2.34. The summed E-state index contributed by atoms with van der Waals surface area (Å²) in [5, 5.41) is 11.5. The summed E-state index contributed by atoms with van der Waals surface area (Å²) in [5.74, 6) is 0.295. The number of aliphatic hydroxyl groups is 1. The van der Waals surface area contributed by atoms with Crippen LogP contribution in [0.3, 0.4) is 0 Å². The van der Waals surface area contributed by atoms with E-state index in [9.17, 15) is 9.90 Å². The number of hydrogen-bond acceptors (Lipinski definition) is 4. The van der Waals surface area contributed by atoms with Gasteiger partial charge in [-0.25, -0.2) is 4.98 Å². The van der Waals surface area contributed by atoms with Gasteiger partial charge in [-0.15, -0.1) is 11.3 Å². The second-order valence-corrected chi connectivity index (χ2v) is 7.07. The van der Waals surface area contributed by atoms with Crippen LogP contribution in [0.5, 0.6) is 0 Å². The molecular weight excluding hydrogens is 308 g/mol. The van der Waals surface area contributed by atoms with Crippen LogP contribution in [-0.2, 0) is 6.42 Å². The van der Waals surface area contributed by atoms with Gasteiger partial charge in [0.15, 0.2) is 0 Å². The van der Waals surface area contributed by atoms with Gasteiger partial charge in [-0.3, -0.25) is 4.79 Å². The lowest BCUT2D eigenvalue weighted by Crippen LogP contribution is -2.39. The van der Waals surface area contributed by atoms with E-state index in [0.717, 1.165) is 34.7 Å². The number of rotatable bonds is 4. The fourth-order valence-electron chi connectivity index (χ4n) is 3.07. The van der Waals surface area contributed by atoms with Crippen LogP contribution in [0.25, 0.3) is 0 Å². The van der Waals surface area contributed by atoms with Crippen molar-refractivity contribution >= 4 is 17.2 Å². The van der Waals surface area contributed by atoms with Crippen molar-refractivity contribution in [1.29, 1.82) is 0 Å². The van der Waals surface area contributed by atoms with Crippen LogP contribution in [-0.4, -0.2) is 34.0 Å². The molecule has 1 aliphatic heterocycles. The molecule has 1 aliphatic rings. The van der Waals surface area contributed by atoms with Crippen molar-refractivity contribution in [3.63, 3.8) is 0 Å². The minimum Gasteiger partial charge on any atom is -0.388 e. The first kappa shape index (κ1) is 16.1. The SMILES string of the molecule is CCc1ncc(C(=O)N2CCC([C@H](O)c3ccccc3)CC2)s1. The van der Waals surface area contributed by atoms with Gasteiger partial charge in [-0.05, 0) is 30.7 Å². The maximum atomic E-state index is 12.5. The highest BCUT2D eigenvalue weighted by Crippen LogP contribution is 2.31. The summed E-state index contributed by atoms with van der Waals surface area (Å²) >= 11 is 1.49. The fourth-order valence-corrected chi connectivity index (χ4v) is 3.89. The van der Waals surface area contributed by atoms with Gasteiger partial charge in [0.25, 0.3) is 5.91 Å². The molecule has 1 aromatic heterocycles. The Balaban J connectivity index is 1.59. The third kappa shape index (κ3) is 3.62. The van der Waals surface area contributed by atoms with Gasteiger partial charge in [0.2, 0.25) is 0 Å². The molecule has 0 saturated carbocycles. The van der Waals surface area contributed by atoms with Gasteiger partial charge in [0, 0.05) is 13.1 Å². The van der Waals surface area contributed by atoms with E-state index in [-0.39, 0.29) is 11.8 Å². The Hall–Kier alpha value is -1.72. The zero-order valence-electron chi connectivity index (χ0n) is 13.3. The van der Waals surface area contributed by atoms with Crippen molar-refractivity contribution in [1.82, 2.24) is 9.88 Å². The molecule has 122 valence electrons. The van der Waals surface area contributed by atoms with Crippen LogP contribution in [0, 0.1) is 5.92 Å². The van der Waals surface area contributed by atoms with E-state index in [1.807, 2.05) is 42.2 Å². The smallest absolute Gasteiger partial charge is 0.265 e. The Morgan fingerprint density at radius 3 is 2.65 bits per heavy atom. The number of aromatic nitrogens is 1. The summed E-state index contributed by atoms with van der Waals surface area (Å²) in [6, 6.07) is 9.79. The summed E-state index contributed by atoms with van der Waals surface area (Å²) in [5.41, 5.74) is 0.965. The summed E-state index contributed by atoms with van der Waals surface area (Å²) in [7, 11) is 0. The summed E-state index contributed by atoms with van der Waals surface area (Å²) in [6.07, 6.45) is 3.78. The second-order valence-electron chi connectivity index (χ2n) is 5.96. The largest absolute Gasteiger partial charge is 0.388 e. The zero-order valence-corrected chi connectivity index (χ0v) is 14.1. The minimum absolute atomic E-state index is 0.0786. The average molecular weight is 330 g/mol. The monoisotopic (exact) mass is 330 g/mol. The lowest BCUT2D eigenvalue weighted by atomic mass is 9.87. The number of nitrogens with zero attached hydrogens (tertiary/aromatic N) is 2. The van der Waals surface area contributed by atoms with Crippen molar-refractivity contribution in [2.45, 2.75) is 32.3 Å². The van der Waals surface area contributed by atoms with E-state index in [1.165, 1.54) is 11.3 Å². The first-order chi connectivity index (χ1) is 11.2. The molecule has 1 N–H and O–H groups in total. The number of aryl methyl sites for hydroxylation is 1. The number of carbonyl (C=O) groups is 1. The summed E-state index contributed by atoms with van der Waals surface area (Å²) < 4.78 is 0. The van der Waals surface area contributed by atoms with Crippen molar-refractivity contribution in [2.75, 3.05) is 13.1 Å². The highest BCUT2D eigenvalue weighted by molar-refractivity contribution is 7.13. The van der Waals surface area contributed by atoms with E-state index in [2.05, 4.69) is 4.98 Å². The van der Waals surface area contributed by atoms with Crippen LogP contribution in [0.2, 0.25) is 0 Å². The van der Waals surface area contributed by atoms with E-state index in [1.54, 1.807) is 6.20 Å². The topological polar surface area (TPSA) is 53.4 Å². The Kier molecular flexibility index (Phi) is 5.08. The van der Waals surface area contributed by atoms with Crippen LogP contribution in [0.1, 0.15) is 46.1 Å². The summed E-state index contributed by atoms with van der Waals surface area (Å²) in [6.45, 7) is 3.45. The molecule has 23 heavy (non-hydrogen) atoms. The molecule has 0 spiro atoms. The van der Waals surface area contributed by atoms with Crippen LogP contribution >= 0.6 is 11.3 Å². The molecule has 2 heterocycles. The van der Waals surface area contributed by atoms with Crippen molar-refractivity contribution in [3.8, 4) is 0 Å². The summed E-state index contributed by atoms with van der Waals surface area (Å²) in [4.78, 5) is 19.4. The molecule has 0 radical (unpaired) electrons.